The second-order valence-corrected chi connectivity index (χ2v) is 15.7. The minimum atomic E-state index is -2.69. The van der Waals surface area contributed by atoms with E-state index in [1.807, 2.05) is 95.7 Å². The third kappa shape index (κ3) is 7.51. The third-order valence-electron chi connectivity index (χ3n) is 10.9. The van der Waals surface area contributed by atoms with Crippen LogP contribution in [-0.4, -0.2) is 80.0 Å². The smallest absolute Gasteiger partial charge is 0.261 e. The van der Waals surface area contributed by atoms with Gasteiger partial charge in [-0.1, -0.05) is 120 Å². The summed E-state index contributed by atoms with van der Waals surface area (Å²) in [6.07, 6.45) is 3.55. The van der Waals surface area contributed by atoms with E-state index in [0.29, 0.717) is 93.2 Å². The number of halogens is 5. The van der Waals surface area contributed by atoms with Crippen molar-refractivity contribution in [2.24, 2.45) is 0 Å². The molecule has 0 aliphatic carbocycles. The molecule has 0 saturated carbocycles. The molecule has 11 nitrogen and oxygen atoms in total. The van der Waals surface area contributed by atoms with Gasteiger partial charge in [-0.2, -0.15) is 10.2 Å². The van der Waals surface area contributed by atoms with Crippen LogP contribution in [0.25, 0.3) is 78.4 Å². The predicted octanol–water partition coefficient (Wildman–Crippen LogP) is 9.98. The maximum absolute atomic E-state index is 14.4. The maximum Gasteiger partial charge on any atom is 0.261 e. The van der Waals surface area contributed by atoms with Gasteiger partial charge in [0.25, 0.3) is 5.92 Å². The van der Waals surface area contributed by atoms with Crippen molar-refractivity contribution in [1.29, 1.82) is 0 Å². The average Bonchev–Trinajstić information content (AvgIpc) is 4.08. The van der Waals surface area contributed by atoms with E-state index >= 15 is 0 Å². The fraction of sp³-hybridized carbons (Fsp3) is 0.178. The Hall–Kier alpha value is -6.48. The Morgan fingerprint density at radius 3 is 1.69 bits per heavy atom. The first-order chi connectivity index (χ1) is 29.7. The number of benzene rings is 4. The zero-order valence-corrected chi connectivity index (χ0v) is 33.8. The van der Waals surface area contributed by atoms with Gasteiger partial charge in [-0.25, -0.2) is 27.5 Å². The van der Waals surface area contributed by atoms with Crippen molar-refractivity contribution in [3.8, 4) is 56.3 Å². The molecule has 0 bridgehead atoms. The molecular weight excluding hydrogens is 822 g/mol. The van der Waals surface area contributed by atoms with E-state index in [1.54, 1.807) is 32.7 Å². The van der Waals surface area contributed by atoms with Gasteiger partial charge in [-0.3, -0.25) is 4.90 Å². The molecule has 16 heteroatoms. The van der Waals surface area contributed by atoms with Crippen molar-refractivity contribution < 1.29 is 13.2 Å². The Labute approximate surface area is 357 Å². The Morgan fingerprint density at radius 1 is 0.574 bits per heavy atom. The summed E-state index contributed by atoms with van der Waals surface area (Å²) in [5, 5.41) is 29.9. The molecule has 304 valence electrons. The van der Waals surface area contributed by atoms with Gasteiger partial charge in [0.2, 0.25) is 0 Å². The lowest BCUT2D eigenvalue weighted by atomic mass is 10.0. The van der Waals surface area contributed by atoms with Crippen LogP contribution in [-0.2, 0) is 19.6 Å². The molecule has 9 aromatic rings. The van der Waals surface area contributed by atoms with E-state index in [-0.39, 0.29) is 18.8 Å². The van der Waals surface area contributed by atoms with Gasteiger partial charge >= 0.3 is 0 Å². The van der Waals surface area contributed by atoms with Crippen molar-refractivity contribution in [3.05, 3.63) is 138 Å². The summed E-state index contributed by atoms with van der Waals surface area (Å²) >= 11 is 14.1. The van der Waals surface area contributed by atoms with E-state index in [9.17, 15) is 13.2 Å². The molecule has 0 N–H and O–H groups in total. The van der Waals surface area contributed by atoms with Gasteiger partial charge in [0, 0.05) is 60.1 Å². The van der Waals surface area contributed by atoms with Crippen LogP contribution in [0, 0.1) is 5.82 Å². The molecule has 4 aromatic carbocycles. The summed E-state index contributed by atoms with van der Waals surface area (Å²) in [5.41, 5.74) is 7.74. The first-order valence-corrected chi connectivity index (χ1v) is 20.4. The first-order valence-electron chi connectivity index (χ1n) is 19.6. The molecule has 0 atom stereocenters. The minimum Gasteiger partial charge on any atom is -0.335 e. The molecule has 1 saturated heterocycles. The molecule has 6 heterocycles. The summed E-state index contributed by atoms with van der Waals surface area (Å²) in [6, 6.07) is 33.2. The van der Waals surface area contributed by atoms with Gasteiger partial charge in [-0.05, 0) is 12.1 Å². The van der Waals surface area contributed by atoms with Crippen LogP contribution in [0.4, 0.5) is 13.2 Å². The van der Waals surface area contributed by atoms with E-state index in [2.05, 4.69) is 20.4 Å². The standard InChI is InChI=1S/C45H34Cl2F3N11/c46-37-35-39(56-60(22-20-58-19-18-45(49,50)26-58)43(35)54-52-41(37)29-8-3-1-4-9-29)31-16-14-28(15-17-31)34-25-59(27-51-34)21-23-61-44-36(40(57-61)32-12-7-13-33(48)24-32)38(47)42(53-55-44)30-10-5-2-6-11-30/h1-17,24-25,27H,18-23,26H2. The molecule has 1 fully saturated rings. The SMILES string of the molecule is Fc1cccc(-c2nn(CCn3cnc(-c4ccc(-c5nn(CCN6CCC(F)(F)C6)c6nnc(-c7ccccc7)c(Cl)c56)cc4)c3)c3nnc(-c4ccccc4)c(Cl)c23)c1. The van der Waals surface area contributed by atoms with Crippen molar-refractivity contribution in [2.45, 2.75) is 32.0 Å². The zero-order chi connectivity index (χ0) is 41.7. The van der Waals surface area contributed by atoms with Gasteiger partial charge in [0.15, 0.2) is 11.3 Å². The normalized spacial score (nSPS) is 14.1. The molecule has 5 aromatic heterocycles. The van der Waals surface area contributed by atoms with Crippen LogP contribution in [0.1, 0.15) is 6.42 Å². The van der Waals surface area contributed by atoms with Crippen LogP contribution in [0.5, 0.6) is 0 Å². The van der Waals surface area contributed by atoms with Crippen LogP contribution in [0.15, 0.2) is 122 Å². The molecule has 61 heavy (non-hydrogen) atoms. The number of likely N-dealkylation sites (tertiary alicyclic amines) is 1. The Balaban J connectivity index is 0.926. The van der Waals surface area contributed by atoms with E-state index < -0.39 is 5.92 Å². The zero-order valence-electron chi connectivity index (χ0n) is 32.3. The van der Waals surface area contributed by atoms with Crippen molar-refractivity contribution in [1.82, 2.24) is 54.4 Å². The lowest BCUT2D eigenvalue weighted by Gasteiger charge is -2.15. The maximum atomic E-state index is 14.4. The molecule has 0 radical (unpaired) electrons. The summed E-state index contributed by atoms with van der Waals surface area (Å²) in [5.74, 6) is -3.08. The second kappa shape index (κ2) is 15.8. The van der Waals surface area contributed by atoms with Crippen molar-refractivity contribution in [3.63, 3.8) is 0 Å². The lowest BCUT2D eigenvalue weighted by molar-refractivity contribution is 0.0119. The molecule has 0 unspecified atom stereocenters. The highest BCUT2D eigenvalue weighted by Gasteiger charge is 2.38. The van der Waals surface area contributed by atoms with Gasteiger partial charge in [0.05, 0.1) is 52.5 Å². The third-order valence-corrected chi connectivity index (χ3v) is 11.7. The van der Waals surface area contributed by atoms with Crippen LogP contribution in [0.2, 0.25) is 10.0 Å². The number of fused-ring (bicyclic) bond motifs is 2. The summed E-state index contributed by atoms with van der Waals surface area (Å²) in [7, 11) is 0. The van der Waals surface area contributed by atoms with E-state index in [4.69, 9.17) is 38.4 Å². The quantitative estimate of drug-likeness (QED) is 0.127. The van der Waals surface area contributed by atoms with Crippen molar-refractivity contribution >= 4 is 45.3 Å². The van der Waals surface area contributed by atoms with Crippen molar-refractivity contribution in [2.75, 3.05) is 19.6 Å². The van der Waals surface area contributed by atoms with Gasteiger partial charge in [-0.15, -0.1) is 20.4 Å². The number of hydrogen-bond donors (Lipinski definition) is 0. The van der Waals surface area contributed by atoms with Crippen LogP contribution >= 0.6 is 23.2 Å². The molecular formula is C45H34Cl2F3N11. The van der Waals surface area contributed by atoms with Gasteiger partial charge < -0.3 is 4.57 Å². The second-order valence-electron chi connectivity index (χ2n) is 15.0. The largest absolute Gasteiger partial charge is 0.335 e. The van der Waals surface area contributed by atoms with Crippen LogP contribution < -0.4 is 0 Å². The number of imidazole rings is 1. The first kappa shape index (κ1) is 38.7. The Bertz CT molecular complexity index is 3040. The number of nitrogens with zero attached hydrogens (tertiary/aromatic N) is 11. The molecule has 10 rings (SSSR count). The predicted molar refractivity (Wildman–Crippen MR) is 230 cm³/mol. The van der Waals surface area contributed by atoms with E-state index in [1.165, 1.54) is 12.1 Å². The summed E-state index contributed by atoms with van der Waals surface area (Å²) in [6.45, 7) is 1.66. The fourth-order valence-corrected chi connectivity index (χ4v) is 8.46. The highest BCUT2D eigenvalue weighted by atomic mass is 35.5. The number of hydrogen-bond acceptors (Lipinski definition) is 8. The topological polar surface area (TPSA) is 108 Å². The number of aromatic nitrogens is 10. The fourth-order valence-electron chi connectivity index (χ4n) is 7.82. The highest BCUT2D eigenvalue weighted by Crippen LogP contribution is 2.39. The monoisotopic (exact) mass is 855 g/mol. The van der Waals surface area contributed by atoms with E-state index in [0.717, 1.165) is 27.9 Å². The summed E-state index contributed by atoms with van der Waals surface area (Å²) in [4.78, 5) is 6.43. The molecule has 1 aliphatic rings. The lowest BCUT2D eigenvalue weighted by Crippen LogP contribution is -2.28. The van der Waals surface area contributed by atoms with Crippen LogP contribution in [0.3, 0.4) is 0 Å². The average molecular weight is 857 g/mol. The highest BCUT2D eigenvalue weighted by molar-refractivity contribution is 6.39. The number of alkyl halides is 2. The molecule has 0 spiro atoms. The Morgan fingerprint density at radius 2 is 1.11 bits per heavy atom. The van der Waals surface area contributed by atoms with Gasteiger partial charge in [0.1, 0.15) is 28.6 Å². The summed E-state index contributed by atoms with van der Waals surface area (Å²) < 4.78 is 47.8. The Kier molecular flexibility index (Phi) is 10.1. The minimum absolute atomic E-state index is 0.157. The number of aryl methyl sites for hydroxylation is 2. The molecule has 0 amide bonds. The number of rotatable bonds is 11. The molecule has 1 aliphatic heterocycles.